The third kappa shape index (κ3) is 3.43. The van der Waals surface area contributed by atoms with Crippen LogP contribution in [0.4, 0.5) is 10.5 Å². The number of anilines is 1. The van der Waals surface area contributed by atoms with Crippen molar-refractivity contribution in [3.05, 3.63) is 24.3 Å². The molecule has 1 amide bonds. The molecule has 1 rings (SSSR count). The normalized spacial score (nSPS) is 9.73. The fourth-order valence-electron chi connectivity index (χ4n) is 1.05. The Morgan fingerprint density at radius 3 is 2.93 bits per heavy atom. The second kappa shape index (κ2) is 5.60. The van der Waals surface area contributed by atoms with Gasteiger partial charge in [-0.05, 0) is 12.1 Å². The lowest BCUT2D eigenvalue weighted by atomic mass is 10.3. The van der Waals surface area contributed by atoms with Gasteiger partial charge in [0.1, 0.15) is 5.75 Å². The first kappa shape index (κ1) is 11.8. The Balaban J connectivity index is 2.77. The van der Waals surface area contributed by atoms with Crippen molar-refractivity contribution in [3.63, 3.8) is 0 Å². The Morgan fingerprint density at radius 2 is 2.33 bits per heavy atom. The summed E-state index contributed by atoms with van der Waals surface area (Å²) in [6, 6.07) is 6.96. The number of carbonyl (C=O) groups is 1. The topological polar surface area (TPSA) is 49.8 Å². The third-order valence-electron chi connectivity index (χ3n) is 1.84. The minimum atomic E-state index is -0.993. The van der Waals surface area contributed by atoms with Crippen molar-refractivity contribution in [1.82, 2.24) is 0 Å². The van der Waals surface area contributed by atoms with Crippen LogP contribution >= 0.6 is 15.9 Å². The van der Waals surface area contributed by atoms with Crippen LogP contribution in [0.3, 0.4) is 0 Å². The van der Waals surface area contributed by atoms with Gasteiger partial charge in [0.25, 0.3) is 0 Å². The van der Waals surface area contributed by atoms with Crippen molar-refractivity contribution >= 4 is 27.7 Å². The van der Waals surface area contributed by atoms with Gasteiger partial charge in [-0.2, -0.15) is 0 Å². The summed E-state index contributed by atoms with van der Waals surface area (Å²) in [6.45, 7) is 0.556. The molecule has 1 aromatic carbocycles. The lowest BCUT2D eigenvalue weighted by molar-refractivity contribution is 0.203. The first-order valence-corrected chi connectivity index (χ1v) is 5.53. The zero-order valence-electron chi connectivity index (χ0n) is 8.31. The van der Waals surface area contributed by atoms with E-state index in [0.29, 0.717) is 18.0 Å². The monoisotopic (exact) mass is 273 g/mol. The molecule has 0 heterocycles. The highest BCUT2D eigenvalue weighted by Gasteiger charge is 2.08. The van der Waals surface area contributed by atoms with Gasteiger partial charge in [-0.3, -0.25) is 4.90 Å². The minimum absolute atomic E-state index is 0.556. The fraction of sp³-hybridized carbons (Fsp3) is 0.300. The molecule has 0 atom stereocenters. The van der Waals surface area contributed by atoms with Crippen LogP contribution in [0, 0.1) is 0 Å². The average Bonchev–Trinajstić information content (AvgIpc) is 2.25. The summed E-state index contributed by atoms with van der Waals surface area (Å²) in [5, 5.41) is 9.52. The highest BCUT2D eigenvalue weighted by atomic mass is 79.9. The molecule has 0 fully saturated rings. The van der Waals surface area contributed by atoms with Crippen molar-refractivity contribution in [2.75, 3.05) is 23.9 Å². The average molecular weight is 274 g/mol. The molecular weight excluding hydrogens is 262 g/mol. The van der Waals surface area contributed by atoms with Gasteiger partial charge in [-0.1, -0.05) is 22.0 Å². The van der Waals surface area contributed by atoms with E-state index in [1.807, 2.05) is 0 Å². The van der Waals surface area contributed by atoms with Crippen LogP contribution in [-0.2, 0) is 0 Å². The number of ether oxygens (including phenoxy) is 1. The van der Waals surface area contributed by atoms with Gasteiger partial charge >= 0.3 is 6.09 Å². The first-order valence-electron chi connectivity index (χ1n) is 4.40. The molecule has 5 heteroatoms. The van der Waals surface area contributed by atoms with Gasteiger partial charge in [-0.25, -0.2) is 4.79 Å². The van der Waals surface area contributed by atoms with E-state index in [9.17, 15) is 4.79 Å². The predicted octanol–water partition coefficient (Wildman–Crippen LogP) is 2.57. The highest BCUT2D eigenvalue weighted by Crippen LogP contribution is 2.20. The van der Waals surface area contributed by atoms with E-state index in [0.717, 1.165) is 10.2 Å². The molecule has 0 aliphatic carbocycles. The van der Waals surface area contributed by atoms with E-state index in [4.69, 9.17) is 9.84 Å². The molecule has 4 nitrogen and oxygen atoms in total. The number of halogens is 1. The van der Waals surface area contributed by atoms with E-state index in [1.165, 1.54) is 7.05 Å². The standard InChI is InChI=1S/C10H12BrNO3/c1-12(10(13)14)8-3-2-4-9(7-8)15-6-5-11/h2-4,7H,5-6H2,1H3,(H,13,14). The molecule has 82 valence electrons. The number of benzene rings is 1. The Morgan fingerprint density at radius 1 is 1.60 bits per heavy atom. The molecule has 0 bridgehead atoms. The van der Waals surface area contributed by atoms with Crippen LogP contribution in [0.15, 0.2) is 24.3 Å². The zero-order chi connectivity index (χ0) is 11.3. The molecule has 0 radical (unpaired) electrons. The fourth-order valence-corrected chi connectivity index (χ4v) is 1.21. The molecule has 0 aromatic heterocycles. The van der Waals surface area contributed by atoms with Crippen LogP contribution < -0.4 is 9.64 Å². The van der Waals surface area contributed by atoms with Gasteiger partial charge < -0.3 is 9.84 Å². The lowest BCUT2D eigenvalue weighted by Gasteiger charge is -2.14. The molecule has 1 aromatic rings. The van der Waals surface area contributed by atoms with Crippen LogP contribution in [-0.4, -0.2) is 30.2 Å². The van der Waals surface area contributed by atoms with Gasteiger partial charge in [0, 0.05) is 18.4 Å². The van der Waals surface area contributed by atoms with E-state index in [-0.39, 0.29) is 0 Å². The quantitative estimate of drug-likeness (QED) is 0.858. The summed E-state index contributed by atoms with van der Waals surface area (Å²) < 4.78 is 5.36. The Kier molecular flexibility index (Phi) is 4.42. The summed E-state index contributed by atoms with van der Waals surface area (Å²) in [7, 11) is 1.49. The smallest absolute Gasteiger partial charge is 0.411 e. The molecule has 0 spiro atoms. The summed E-state index contributed by atoms with van der Waals surface area (Å²) in [5.74, 6) is 0.667. The molecule has 0 saturated heterocycles. The summed E-state index contributed by atoms with van der Waals surface area (Å²) >= 11 is 3.25. The van der Waals surface area contributed by atoms with Gasteiger partial charge in [0.2, 0.25) is 0 Å². The summed E-state index contributed by atoms with van der Waals surface area (Å²) in [6.07, 6.45) is -0.993. The number of alkyl halides is 1. The molecule has 0 unspecified atom stereocenters. The summed E-state index contributed by atoms with van der Waals surface area (Å²) in [4.78, 5) is 11.8. The number of amides is 1. The maximum Gasteiger partial charge on any atom is 0.411 e. The highest BCUT2D eigenvalue weighted by molar-refractivity contribution is 9.09. The molecular formula is C10H12BrNO3. The van der Waals surface area contributed by atoms with Crippen molar-refractivity contribution in [1.29, 1.82) is 0 Å². The van der Waals surface area contributed by atoms with Gasteiger partial charge in [0.15, 0.2) is 0 Å². The van der Waals surface area contributed by atoms with Crippen molar-refractivity contribution in [3.8, 4) is 5.75 Å². The zero-order valence-corrected chi connectivity index (χ0v) is 9.90. The molecule has 1 N–H and O–H groups in total. The minimum Gasteiger partial charge on any atom is -0.493 e. The molecule has 15 heavy (non-hydrogen) atoms. The van der Waals surface area contributed by atoms with E-state index in [2.05, 4.69) is 15.9 Å². The Bertz CT molecular complexity index is 343. The Hall–Kier alpha value is -1.23. The first-order chi connectivity index (χ1) is 7.15. The second-order valence-electron chi connectivity index (χ2n) is 2.88. The van der Waals surface area contributed by atoms with Gasteiger partial charge in [0.05, 0.1) is 12.3 Å². The van der Waals surface area contributed by atoms with Crippen LogP contribution in [0.25, 0.3) is 0 Å². The van der Waals surface area contributed by atoms with Crippen LogP contribution in [0.2, 0.25) is 0 Å². The number of hydrogen-bond donors (Lipinski definition) is 1. The second-order valence-corrected chi connectivity index (χ2v) is 3.67. The number of hydrogen-bond acceptors (Lipinski definition) is 2. The summed E-state index contributed by atoms with van der Waals surface area (Å²) in [5.41, 5.74) is 0.592. The maximum atomic E-state index is 10.7. The van der Waals surface area contributed by atoms with Crippen molar-refractivity contribution in [2.24, 2.45) is 0 Å². The van der Waals surface area contributed by atoms with E-state index in [1.54, 1.807) is 24.3 Å². The third-order valence-corrected chi connectivity index (χ3v) is 2.16. The Labute approximate surface area is 96.6 Å². The predicted molar refractivity (Wildman–Crippen MR) is 62.2 cm³/mol. The van der Waals surface area contributed by atoms with Crippen LogP contribution in [0.5, 0.6) is 5.75 Å². The SMILES string of the molecule is CN(C(=O)O)c1cccc(OCCBr)c1. The van der Waals surface area contributed by atoms with Crippen LogP contribution in [0.1, 0.15) is 0 Å². The van der Waals surface area contributed by atoms with Crippen molar-refractivity contribution < 1.29 is 14.6 Å². The largest absolute Gasteiger partial charge is 0.493 e. The molecule has 0 saturated carbocycles. The lowest BCUT2D eigenvalue weighted by Crippen LogP contribution is -2.23. The number of carboxylic acid groups (broad SMARTS) is 1. The van der Waals surface area contributed by atoms with Gasteiger partial charge in [-0.15, -0.1) is 0 Å². The van der Waals surface area contributed by atoms with E-state index >= 15 is 0 Å². The molecule has 0 aliphatic heterocycles. The maximum absolute atomic E-state index is 10.7. The van der Waals surface area contributed by atoms with E-state index < -0.39 is 6.09 Å². The van der Waals surface area contributed by atoms with Crippen molar-refractivity contribution in [2.45, 2.75) is 0 Å². The molecule has 0 aliphatic rings. The number of nitrogens with zero attached hydrogens (tertiary/aromatic N) is 1. The number of rotatable bonds is 4.